The summed E-state index contributed by atoms with van der Waals surface area (Å²) >= 11 is 5.71. The maximum atomic E-state index is 12.3. The fourth-order valence-electron chi connectivity index (χ4n) is 1.91. The van der Waals surface area contributed by atoms with Crippen LogP contribution in [0.15, 0.2) is 36.5 Å². The van der Waals surface area contributed by atoms with Crippen LogP contribution >= 0.6 is 11.6 Å². The second kappa shape index (κ2) is 7.06. The zero-order valence-electron chi connectivity index (χ0n) is 12.9. The summed E-state index contributed by atoms with van der Waals surface area (Å²) in [6, 6.07) is 7.20. The van der Waals surface area contributed by atoms with Crippen LogP contribution in [0, 0.1) is 0 Å². The molecule has 1 heterocycles. The maximum Gasteiger partial charge on any atom is 0.355 e. The number of aromatic nitrogens is 1. The van der Waals surface area contributed by atoms with Crippen LogP contribution in [0.2, 0.25) is 5.02 Å². The number of aromatic amines is 1. The number of anilines is 1. The van der Waals surface area contributed by atoms with Crippen LogP contribution in [0.25, 0.3) is 0 Å². The molecule has 128 valence electrons. The highest BCUT2D eigenvalue weighted by atomic mass is 35.5. The van der Waals surface area contributed by atoms with Crippen molar-refractivity contribution in [1.82, 2.24) is 4.98 Å². The molecule has 0 fully saturated rings. The molecule has 0 saturated carbocycles. The van der Waals surface area contributed by atoms with E-state index in [-0.39, 0.29) is 5.69 Å². The molecule has 0 spiro atoms. The Morgan fingerprint density at radius 2 is 1.88 bits per heavy atom. The first-order valence-corrected chi connectivity index (χ1v) is 9.09. The summed E-state index contributed by atoms with van der Waals surface area (Å²) in [4.78, 5) is 26.8. The van der Waals surface area contributed by atoms with Gasteiger partial charge >= 0.3 is 5.97 Å². The minimum Gasteiger partial charge on any atom is -0.450 e. The first-order chi connectivity index (χ1) is 11.2. The molecular weight excluding hydrogens is 356 g/mol. The highest BCUT2D eigenvalue weighted by Crippen LogP contribution is 2.15. The van der Waals surface area contributed by atoms with E-state index in [4.69, 9.17) is 16.3 Å². The predicted molar refractivity (Wildman–Crippen MR) is 89.9 cm³/mol. The number of nitrogens with one attached hydrogen (secondary N) is 2. The number of ether oxygens (including phenoxy) is 1. The summed E-state index contributed by atoms with van der Waals surface area (Å²) in [5.41, 5.74) is 0.769. The molecule has 0 aliphatic carbocycles. The molecule has 0 radical (unpaired) electrons. The highest BCUT2D eigenvalue weighted by molar-refractivity contribution is 7.92. The number of sulfonamides is 1. The van der Waals surface area contributed by atoms with E-state index in [1.54, 1.807) is 0 Å². The van der Waals surface area contributed by atoms with Crippen molar-refractivity contribution in [2.24, 2.45) is 0 Å². The Kier molecular flexibility index (Phi) is 5.30. The van der Waals surface area contributed by atoms with Crippen molar-refractivity contribution in [1.29, 1.82) is 0 Å². The Morgan fingerprint density at radius 1 is 1.25 bits per heavy atom. The van der Waals surface area contributed by atoms with E-state index in [0.717, 1.165) is 6.26 Å². The zero-order chi connectivity index (χ0) is 17.9. The van der Waals surface area contributed by atoms with Crippen molar-refractivity contribution in [3.05, 3.63) is 52.8 Å². The molecular formula is C15H15ClN2O5S. The van der Waals surface area contributed by atoms with E-state index in [0.29, 0.717) is 16.3 Å². The zero-order valence-corrected chi connectivity index (χ0v) is 14.4. The number of benzene rings is 1. The first kappa shape index (κ1) is 18.0. The van der Waals surface area contributed by atoms with E-state index >= 15 is 0 Å². The Bertz CT molecular complexity index is 858. The summed E-state index contributed by atoms with van der Waals surface area (Å²) in [6.45, 7) is 1.45. The van der Waals surface area contributed by atoms with Crippen molar-refractivity contribution < 1.29 is 22.7 Å². The van der Waals surface area contributed by atoms with Crippen LogP contribution in [0.5, 0.6) is 0 Å². The van der Waals surface area contributed by atoms with Crippen LogP contribution in [-0.4, -0.2) is 37.5 Å². The number of esters is 1. The van der Waals surface area contributed by atoms with Gasteiger partial charge in [0, 0.05) is 17.4 Å². The lowest BCUT2D eigenvalue weighted by molar-refractivity contribution is 0.0314. The SMILES string of the molecule is CC(OC(=O)c1cc(Cl)c[nH]1)C(=O)c1ccc(NS(C)(=O)=O)cc1. The van der Waals surface area contributed by atoms with Gasteiger partial charge in [0.2, 0.25) is 15.8 Å². The number of carbonyl (C=O) groups excluding carboxylic acids is 2. The summed E-state index contributed by atoms with van der Waals surface area (Å²) < 4.78 is 29.7. The van der Waals surface area contributed by atoms with Crippen molar-refractivity contribution in [2.45, 2.75) is 13.0 Å². The molecule has 0 saturated heterocycles. The van der Waals surface area contributed by atoms with Gasteiger partial charge in [-0.1, -0.05) is 11.6 Å². The number of carbonyl (C=O) groups is 2. The van der Waals surface area contributed by atoms with Gasteiger partial charge in [-0.15, -0.1) is 0 Å². The fraction of sp³-hybridized carbons (Fsp3) is 0.200. The van der Waals surface area contributed by atoms with Crippen molar-refractivity contribution in [3.8, 4) is 0 Å². The van der Waals surface area contributed by atoms with Crippen LogP contribution in [0.4, 0.5) is 5.69 Å². The molecule has 1 atom stereocenters. The van der Waals surface area contributed by atoms with E-state index < -0.39 is 27.9 Å². The Morgan fingerprint density at radius 3 is 2.38 bits per heavy atom. The molecule has 0 bridgehead atoms. The fourth-order valence-corrected chi connectivity index (χ4v) is 2.64. The lowest BCUT2D eigenvalue weighted by Crippen LogP contribution is -2.24. The van der Waals surface area contributed by atoms with Gasteiger partial charge in [-0.2, -0.15) is 0 Å². The van der Waals surface area contributed by atoms with Crippen LogP contribution in [0.3, 0.4) is 0 Å². The van der Waals surface area contributed by atoms with Crippen LogP contribution in [-0.2, 0) is 14.8 Å². The monoisotopic (exact) mass is 370 g/mol. The Balaban J connectivity index is 2.03. The first-order valence-electron chi connectivity index (χ1n) is 6.82. The summed E-state index contributed by atoms with van der Waals surface area (Å²) in [5, 5.41) is 0.356. The molecule has 0 aliphatic heterocycles. The van der Waals surface area contributed by atoms with E-state index in [9.17, 15) is 18.0 Å². The van der Waals surface area contributed by atoms with Gasteiger partial charge < -0.3 is 9.72 Å². The average Bonchev–Trinajstić information content (AvgIpc) is 2.92. The third-order valence-electron chi connectivity index (χ3n) is 2.99. The number of halogens is 1. The average molecular weight is 371 g/mol. The van der Waals surface area contributed by atoms with Gasteiger partial charge in [-0.25, -0.2) is 13.2 Å². The summed E-state index contributed by atoms with van der Waals surface area (Å²) in [5.74, 6) is -1.11. The Labute approximate surface area is 144 Å². The maximum absolute atomic E-state index is 12.3. The molecule has 1 aromatic heterocycles. The van der Waals surface area contributed by atoms with Gasteiger partial charge in [-0.3, -0.25) is 9.52 Å². The molecule has 0 amide bonds. The predicted octanol–water partition coefficient (Wildman–Crippen LogP) is 2.47. The third kappa shape index (κ3) is 4.84. The highest BCUT2D eigenvalue weighted by Gasteiger charge is 2.21. The standard InChI is InChI=1S/C15H15ClN2O5S/c1-9(23-15(20)13-7-11(16)8-17-13)14(19)10-3-5-12(6-4-10)18-24(2,21)22/h3-9,17-18H,1-2H3. The lowest BCUT2D eigenvalue weighted by Gasteiger charge is -2.12. The summed E-state index contributed by atoms with van der Waals surface area (Å²) in [7, 11) is -3.39. The molecule has 2 aromatic rings. The number of H-pyrrole nitrogens is 1. The van der Waals surface area contributed by atoms with Crippen LogP contribution < -0.4 is 4.72 Å². The second-order valence-corrected chi connectivity index (χ2v) is 7.28. The number of ketones is 1. The molecule has 2 rings (SSSR count). The lowest BCUT2D eigenvalue weighted by atomic mass is 10.1. The van der Waals surface area contributed by atoms with Gasteiger partial charge in [0.25, 0.3) is 0 Å². The van der Waals surface area contributed by atoms with E-state index in [1.807, 2.05) is 0 Å². The smallest absolute Gasteiger partial charge is 0.355 e. The summed E-state index contributed by atoms with van der Waals surface area (Å²) in [6.07, 6.45) is 1.45. The Hall–Kier alpha value is -2.32. The molecule has 24 heavy (non-hydrogen) atoms. The molecule has 1 unspecified atom stereocenters. The minimum atomic E-state index is -3.39. The van der Waals surface area contributed by atoms with Crippen LogP contribution in [0.1, 0.15) is 27.8 Å². The van der Waals surface area contributed by atoms with E-state index in [1.165, 1.54) is 43.5 Å². The van der Waals surface area contributed by atoms with Gasteiger partial charge in [-0.05, 0) is 37.3 Å². The van der Waals surface area contributed by atoms with E-state index in [2.05, 4.69) is 9.71 Å². The largest absolute Gasteiger partial charge is 0.450 e. The van der Waals surface area contributed by atoms with Crippen molar-refractivity contribution in [3.63, 3.8) is 0 Å². The van der Waals surface area contributed by atoms with Crippen molar-refractivity contribution in [2.75, 3.05) is 11.0 Å². The topological polar surface area (TPSA) is 105 Å². The molecule has 9 heteroatoms. The van der Waals surface area contributed by atoms with Gasteiger partial charge in [0.15, 0.2) is 6.10 Å². The van der Waals surface area contributed by atoms with Gasteiger partial charge in [0.1, 0.15) is 5.69 Å². The minimum absolute atomic E-state index is 0.146. The van der Waals surface area contributed by atoms with Crippen molar-refractivity contribution >= 4 is 39.1 Å². The normalized spacial score (nSPS) is 12.5. The molecule has 7 nitrogen and oxygen atoms in total. The van der Waals surface area contributed by atoms with Gasteiger partial charge in [0.05, 0.1) is 11.3 Å². The molecule has 1 aromatic carbocycles. The third-order valence-corrected chi connectivity index (χ3v) is 3.82. The molecule has 2 N–H and O–H groups in total. The quantitative estimate of drug-likeness (QED) is 0.600. The number of Topliss-reactive ketones (excluding diaryl/α,β-unsaturated/α-hetero) is 1. The molecule has 0 aliphatic rings. The number of rotatable bonds is 6. The second-order valence-electron chi connectivity index (χ2n) is 5.09. The number of hydrogen-bond donors (Lipinski definition) is 2. The number of hydrogen-bond acceptors (Lipinski definition) is 5.